The maximum Gasteiger partial charge on any atom is 0.305 e. The molecule has 1 atom stereocenters. The number of carboxylic acid groups (broad SMARTS) is 1. The van der Waals surface area contributed by atoms with Gasteiger partial charge in [0.1, 0.15) is 0 Å². The second kappa shape index (κ2) is 5.40. The van der Waals surface area contributed by atoms with Crippen molar-refractivity contribution in [1.82, 2.24) is 14.7 Å². The number of hydrogen-bond acceptors (Lipinski definition) is 4. The number of nitrogens with zero attached hydrogens (tertiary/aromatic N) is 3. The SMILES string of the molecule is Cc1nn(C)cc1C(=O)N1CCOCC1CC(=O)O. The Bertz CT molecular complexity index is 497. The summed E-state index contributed by atoms with van der Waals surface area (Å²) in [5, 5.41) is 13.0. The number of aliphatic carboxylic acids is 1. The van der Waals surface area contributed by atoms with Crippen molar-refractivity contribution in [2.24, 2.45) is 7.05 Å². The normalized spacial score (nSPS) is 19.5. The van der Waals surface area contributed by atoms with E-state index in [0.29, 0.717) is 24.4 Å². The zero-order valence-corrected chi connectivity index (χ0v) is 11.0. The molecule has 19 heavy (non-hydrogen) atoms. The maximum atomic E-state index is 12.4. The van der Waals surface area contributed by atoms with Gasteiger partial charge in [-0.1, -0.05) is 0 Å². The predicted octanol–water partition coefficient (Wildman–Crippen LogP) is 0.0442. The highest BCUT2D eigenvalue weighted by molar-refractivity contribution is 5.95. The number of carbonyl (C=O) groups is 2. The van der Waals surface area contributed by atoms with E-state index in [9.17, 15) is 9.59 Å². The Morgan fingerprint density at radius 3 is 2.89 bits per heavy atom. The Morgan fingerprint density at radius 2 is 2.32 bits per heavy atom. The highest BCUT2D eigenvalue weighted by Gasteiger charge is 2.31. The molecule has 1 aliphatic rings. The van der Waals surface area contributed by atoms with Crippen LogP contribution in [0.15, 0.2) is 6.20 Å². The largest absolute Gasteiger partial charge is 0.481 e. The van der Waals surface area contributed by atoms with E-state index in [2.05, 4.69) is 5.10 Å². The van der Waals surface area contributed by atoms with Gasteiger partial charge in [0.25, 0.3) is 5.91 Å². The number of aryl methyl sites for hydroxylation is 2. The van der Waals surface area contributed by atoms with Gasteiger partial charge in [0.2, 0.25) is 0 Å². The average molecular weight is 267 g/mol. The molecule has 2 heterocycles. The molecule has 104 valence electrons. The van der Waals surface area contributed by atoms with Gasteiger partial charge in [-0.05, 0) is 6.92 Å². The van der Waals surface area contributed by atoms with E-state index in [0.717, 1.165) is 0 Å². The summed E-state index contributed by atoms with van der Waals surface area (Å²) in [5.74, 6) is -1.11. The van der Waals surface area contributed by atoms with Crippen LogP contribution in [0, 0.1) is 6.92 Å². The van der Waals surface area contributed by atoms with E-state index in [4.69, 9.17) is 9.84 Å². The lowest BCUT2D eigenvalue weighted by atomic mass is 10.1. The third-order valence-electron chi connectivity index (χ3n) is 3.14. The fourth-order valence-corrected chi connectivity index (χ4v) is 2.26. The van der Waals surface area contributed by atoms with Crippen molar-refractivity contribution >= 4 is 11.9 Å². The predicted molar refractivity (Wildman–Crippen MR) is 65.8 cm³/mol. The number of aromatic nitrogens is 2. The molecule has 1 fully saturated rings. The summed E-state index contributed by atoms with van der Waals surface area (Å²) in [6.45, 7) is 2.86. The van der Waals surface area contributed by atoms with E-state index in [-0.39, 0.29) is 18.9 Å². The molecule has 2 rings (SSSR count). The fraction of sp³-hybridized carbons (Fsp3) is 0.583. The van der Waals surface area contributed by atoms with E-state index in [1.807, 2.05) is 0 Å². The molecule has 0 radical (unpaired) electrons. The molecule has 7 heteroatoms. The number of carboxylic acids is 1. The fourth-order valence-electron chi connectivity index (χ4n) is 2.26. The summed E-state index contributed by atoms with van der Waals surface area (Å²) in [6.07, 6.45) is 1.55. The Labute approximate surface area is 110 Å². The Morgan fingerprint density at radius 1 is 1.58 bits per heavy atom. The first-order chi connectivity index (χ1) is 8.99. The minimum absolute atomic E-state index is 0.106. The van der Waals surface area contributed by atoms with Crippen LogP contribution in [-0.2, 0) is 16.6 Å². The highest BCUT2D eigenvalue weighted by Crippen LogP contribution is 2.16. The van der Waals surface area contributed by atoms with Crippen LogP contribution < -0.4 is 0 Å². The Balaban J connectivity index is 2.19. The topological polar surface area (TPSA) is 84.7 Å². The van der Waals surface area contributed by atoms with Crippen LogP contribution in [0.25, 0.3) is 0 Å². The summed E-state index contributed by atoms with van der Waals surface area (Å²) in [6, 6.07) is -0.418. The van der Waals surface area contributed by atoms with Crippen LogP contribution in [-0.4, -0.2) is 57.5 Å². The minimum Gasteiger partial charge on any atom is -0.481 e. The first kappa shape index (κ1) is 13.5. The van der Waals surface area contributed by atoms with Crippen molar-refractivity contribution in [3.05, 3.63) is 17.5 Å². The molecule has 1 saturated heterocycles. The summed E-state index contributed by atoms with van der Waals surface area (Å²) >= 11 is 0. The van der Waals surface area contributed by atoms with E-state index in [1.54, 1.807) is 29.7 Å². The third kappa shape index (κ3) is 2.93. The van der Waals surface area contributed by atoms with Crippen LogP contribution in [0.2, 0.25) is 0 Å². The van der Waals surface area contributed by atoms with Crippen LogP contribution in [0.3, 0.4) is 0 Å². The molecular weight excluding hydrogens is 250 g/mol. The molecule has 1 N–H and O–H groups in total. The smallest absolute Gasteiger partial charge is 0.305 e. The number of ether oxygens (including phenoxy) is 1. The third-order valence-corrected chi connectivity index (χ3v) is 3.14. The van der Waals surface area contributed by atoms with Crippen molar-refractivity contribution in [2.45, 2.75) is 19.4 Å². The molecule has 7 nitrogen and oxygen atoms in total. The molecule has 0 spiro atoms. The van der Waals surface area contributed by atoms with Crippen molar-refractivity contribution in [3.8, 4) is 0 Å². The summed E-state index contributed by atoms with van der Waals surface area (Å²) in [4.78, 5) is 24.9. The number of amides is 1. The molecule has 0 aromatic carbocycles. The summed E-state index contributed by atoms with van der Waals surface area (Å²) < 4.78 is 6.84. The van der Waals surface area contributed by atoms with Gasteiger partial charge >= 0.3 is 5.97 Å². The summed E-state index contributed by atoms with van der Waals surface area (Å²) in [5.41, 5.74) is 1.16. The first-order valence-corrected chi connectivity index (χ1v) is 6.09. The van der Waals surface area contributed by atoms with Crippen molar-refractivity contribution in [1.29, 1.82) is 0 Å². The van der Waals surface area contributed by atoms with Crippen molar-refractivity contribution < 1.29 is 19.4 Å². The second-order valence-corrected chi connectivity index (χ2v) is 4.63. The van der Waals surface area contributed by atoms with Gasteiger partial charge in [0, 0.05) is 19.8 Å². The van der Waals surface area contributed by atoms with E-state index in [1.165, 1.54) is 0 Å². The van der Waals surface area contributed by atoms with Crippen LogP contribution >= 0.6 is 0 Å². The molecular formula is C12H17N3O4. The first-order valence-electron chi connectivity index (χ1n) is 6.09. The van der Waals surface area contributed by atoms with Crippen LogP contribution in [0.5, 0.6) is 0 Å². The van der Waals surface area contributed by atoms with E-state index < -0.39 is 12.0 Å². The number of morpholine rings is 1. The lowest BCUT2D eigenvalue weighted by Crippen LogP contribution is -2.49. The number of hydrogen-bond donors (Lipinski definition) is 1. The standard InChI is InChI=1S/C12H17N3O4/c1-8-10(6-14(2)13-8)12(18)15-3-4-19-7-9(15)5-11(16)17/h6,9H,3-5,7H2,1-2H3,(H,16,17). The maximum absolute atomic E-state index is 12.4. The monoisotopic (exact) mass is 267 g/mol. The van der Waals surface area contributed by atoms with Gasteiger partial charge in [-0.15, -0.1) is 0 Å². The van der Waals surface area contributed by atoms with Gasteiger partial charge in [-0.2, -0.15) is 5.10 Å². The van der Waals surface area contributed by atoms with Gasteiger partial charge in [-0.25, -0.2) is 0 Å². The summed E-state index contributed by atoms with van der Waals surface area (Å²) in [7, 11) is 1.75. The minimum atomic E-state index is -0.934. The van der Waals surface area contributed by atoms with Gasteiger partial charge in [0.05, 0.1) is 36.9 Å². The average Bonchev–Trinajstić information content (AvgIpc) is 2.67. The molecule has 0 bridgehead atoms. The zero-order valence-electron chi connectivity index (χ0n) is 11.0. The molecule has 1 aromatic rings. The Kier molecular flexibility index (Phi) is 3.84. The van der Waals surface area contributed by atoms with Gasteiger partial charge < -0.3 is 14.7 Å². The number of carbonyl (C=O) groups excluding carboxylic acids is 1. The van der Waals surface area contributed by atoms with Crippen molar-refractivity contribution in [3.63, 3.8) is 0 Å². The molecule has 1 amide bonds. The lowest BCUT2D eigenvalue weighted by Gasteiger charge is -2.34. The van der Waals surface area contributed by atoms with Crippen LogP contribution in [0.1, 0.15) is 22.5 Å². The van der Waals surface area contributed by atoms with Gasteiger partial charge in [0.15, 0.2) is 0 Å². The Hall–Kier alpha value is -1.89. The molecule has 0 aliphatic carbocycles. The van der Waals surface area contributed by atoms with Crippen molar-refractivity contribution in [2.75, 3.05) is 19.8 Å². The molecule has 1 aliphatic heterocycles. The lowest BCUT2D eigenvalue weighted by molar-refractivity contribution is -0.139. The highest BCUT2D eigenvalue weighted by atomic mass is 16.5. The molecule has 1 unspecified atom stereocenters. The second-order valence-electron chi connectivity index (χ2n) is 4.63. The quantitative estimate of drug-likeness (QED) is 0.836. The number of rotatable bonds is 3. The molecule has 1 aromatic heterocycles. The van der Waals surface area contributed by atoms with Gasteiger partial charge in [-0.3, -0.25) is 14.3 Å². The zero-order chi connectivity index (χ0) is 14.0. The molecule has 0 saturated carbocycles. The van der Waals surface area contributed by atoms with Crippen LogP contribution in [0.4, 0.5) is 0 Å². The van der Waals surface area contributed by atoms with E-state index >= 15 is 0 Å².